The van der Waals surface area contributed by atoms with Gasteiger partial charge in [-0.1, -0.05) is 0 Å². The van der Waals surface area contributed by atoms with E-state index in [-0.39, 0.29) is 13.1 Å². The van der Waals surface area contributed by atoms with Gasteiger partial charge in [0.1, 0.15) is 5.60 Å². The second-order valence-corrected chi connectivity index (χ2v) is 6.62. The van der Waals surface area contributed by atoms with E-state index in [0.717, 1.165) is 0 Å². The SMILES string of the molecule is CN(CCNS(=O)(=O)Cl)C(=O)OC(C)(C)C. The average Bonchev–Trinajstić information content (AvgIpc) is 1.98. The molecule has 0 bridgehead atoms. The predicted molar refractivity (Wildman–Crippen MR) is 61.6 cm³/mol. The first kappa shape index (κ1) is 15.5. The summed E-state index contributed by atoms with van der Waals surface area (Å²) in [5, 5.41) is 0. The van der Waals surface area contributed by atoms with Gasteiger partial charge in [-0.25, -0.2) is 9.52 Å². The molecule has 1 amide bonds. The highest BCUT2D eigenvalue weighted by Crippen LogP contribution is 2.08. The molecule has 0 heterocycles. The molecule has 8 heteroatoms. The number of amides is 1. The van der Waals surface area contributed by atoms with E-state index in [1.54, 1.807) is 20.8 Å². The molecule has 0 saturated heterocycles. The van der Waals surface area contributed by atoms with Gasteiger partial charge in [-0.15, -0.1) is 0 Å². The van der Waals surface area contributed by atoms with Gasteiger partial charge >= 0.3 is 6.09 Å². The van der Waals surface area contributed by atoms with Crippen molar-refractivity contribution >= 4 is 26.0 Å². The highest BCUT2D eigenvalue weighted by atomic mass is 35.7. The van der Waals surface area contributed by atoms with Crippen molar-refractivity contribution in [3.05, 3.63) is 0 Å². The van der Waals surface area contributed by atoms with E-state index >= 15 is 0 Å². The van der Waals surface area contributed by atoms with E-state index in [0.29, 0.717) is 0 Å². The fraction of sp³-hybridized carbons (Fsp3) is 0.875. The largest absolute Gasteiger partial charge is 0.444 e. The number of hydrogen-bond donors (Lipinski definition) is 1. The molecule has 0 aliphatic rings. The van der Waals surface area contributed by atoms with Crippen LogP contribution in [0.2, 0.25) is 0 Å². The molecular weight excluding hydrogens is 256 g/mol. The van der Waals surface area contributed by atoms with Gasteiger partial charge in [0.2, 0.25) is 0 Å². The Bertz CT molecular complexity index is 336. The average molecular weight is 273 g/mol. The summed E-state index contributed by atoms with van der Waals surface area (Å²) in [6.45, 7) is 5.48. The van der Waals surface area contributed by atoms with Gasteiger partial charge < -0.3 is 9.64 Å². The van der Waals surface area contributed by atoms with Crippen molar-refractivity contribution < 1.29 is 17.9 Å². The first-order valence-electron chi connectivity index (χ1n) is 4.64. The summed E-state index contributed by atoms with van der Waals surface area (Å²) in [5.41, 5.74) is -0.572. The van der Waals surface area contributed by atoms with Gasteiger partial charge in [-0.2, -0.15) is 8.42 Å². The monoisotopic (exact) mass is 272 g/mol. The Morgan fingerprint density at radius 2 is 1.94 bits per heavy atom. The summed E-state index contributed by atoms with van der Waals surface area (Å²) in [6.07, 6.45) is -0.513. The third-order valence-electron chi connectivity index (χ3n) is 1.43. The third kappa shape index (κ3) is 8.75. The number of nitrogens with zero attached hydrogens (tertiary/aromatic N) is 1. The van der Waals surface area contributed by atoms with E-state index in [4.69, 9.17) is 15.4 Å². The topological polar surface area (TPSA) is 75.7 Å². The molecule has 0 unspecified atom stereocenters. The Hall–Kier alpha value is -0.530. The Morgan fingerprint density at radius 3 is 2.31 bits per heavy atom. The summed E-state index contributed by atoms with van der Waals surface area (Å²) >= 11 is 0. The van der Waals surface area contributed by atoms with Crippen molar-refractivity contribution in [2.75, 3.05) is 20.1 Å². The first-order valence-corrected chi connectivity index (χ1v) is 6.95. The maximum Gasteiger partial charge on any atom is 0.410 e. The highest BCUT2D eigenvalue weighted by Gasteiger charge is 2.19. The first-order chi connectivity index (χ1) is 7.01. The lowest BCUT2D eigenvalue weighted by atomic mass is 10.2. The number of rotatable bonds is 4. The van der Waals surface area contributed by atoms with Crippen LogP contribution in [-0.4, -0.2) is 45.1 Å². The molecule has 0 saturated carbocycles. The van der Waals surface area contributed by atoms with E-state index in [1.165, 1.54) is 11.9 Å². The second-order valence-electron chi connectivity index (χ2n) is 4.23. The minimum absolute atomic E-state index is 0.0432. The van der Waals surface area contributed by atoms with Gasteiger partial charge in [0.05, 0.1) is 0 Å². The lowest BCUT2D eigenvalue weighted by molar-refractivity contribution is 0.0302. The zero-order valence-electron chi connectivity index (χ0n) is 9.78. The quantitative estimate of drug-likeness (QED) is 0.773. The van der Waals surface area contributed by atoms with Crippen molar-refractivity contribution in [3.8, 4) is 0 Å². The van der Waals surface area contributed by atoms with Crippen molar-refractivity contribution in [1.82, 2.24) is 9.62 Å². The molecule has 0 aromatic carbocycles. The van der Waals surface area contributed by atoms with Crippen LogP contribution in [0.15, 0.2) is 0 Å². The van der Waals surface area contributed by atoms with Crippen molar-refractivity contribution in [2.24, 2.45) is 0 Å². The summed E-state index contributed by atoms with van der Waals surface area (Å²) in [7, 11) is 2.70. The summed E-state index contributed by atoms with van der Waals surface area (Å²) < 4.78 is 28.2. The van der Waals surface area contributed by atoms with Crippen LogP contribution in [0.5, 0.6) is 0 Å². The van der Waals surface area contributed by atoms with Gasteiger partial charge in [0.15, 0.2) is 0 Å². The van der Waals surface area contributed by atoms with Gasteiger partial charge in [-0.3, -0.25) is 0 Å². The molecule has 1 N–H and O–H groups in total. The van der Waals surface area contributed by atoms with Crippen molar-refractivity contribution in [1.29, 1.82) is 0 Å². The van der Waals surface area contributed by atoms with Crippen LogP contribution in [0.4, 0.5) is 4.79 Å². The van der Waals surface area contributed by atoms with Crippen molar-refractivity contribution in [3.63, 3.8) is 0 Å². The van der Waals surface area contributed by atoms with Gasteiger partial charge in [0, 0.05) is 30.8 Å². The molecular formula is C8H17ClN2O4S. The third-order valence-corrected chi connectivity index (χ3v) is 2.30. The summed E-state index contributed by atoms with van der Waals surface area (Å²) in [5.74, 6) is 0. The van der Waals surface area contributed by atoms with E-state index in [2.05, 4.69) is 4.72 Å². The number of carbonyl (C=O) groups is 1. The molecule has 6 nitrogen and oxygen atoms in total. The Morgan fingerprint density at radius 1 is 1.44 bits per heavy atom. The predicted octanol–water partition coefficient (Wildman–Crippen LogP) is 0.926. The fourth-order valence-corrected chi connectivity index (χ4v) is 1.33. The van der Waals surface area contributed by atoms with Crippen LogP contribution in [-0.2, 0) is 14.0 Å². The Balaban J connectivity index is 3.99. The second kappa shape index (κ2) is 5.70. The molecule has 0 aliphatic carbocycles. The number of nitrogens with one attached hydrogen (secondary N) is 1. The van der Waals surface area contributed by atoms with Crippen LogP contribution in [0, 0.1) is 0 Å². The molecule has 96 valence electrons. The summed E-state index contributed by atoms with van der Waals surface area (Å²) in [6, 6.07) is 0. The number of ether oxygens (including phenoxy) is 1. The molecule has 16 heavy (non-hydrogen) atoms. The number of likely N-dealkylation sites (N-methyl/N-ethyl adjacent to an activating group) is 1. The zero-order valence-corrected chi connectivity index (χ0v) is 11.4. The van der Waals surface area contributed by atoms with Crippen LogP contribution in [0.1, 0.15) is 20.8 Å². The molecule has 0 aromatic rings. The normalized spacial score (nSPS) is 12.3. The minimum atomic E-state index is -3.74. The molecule has 0 fully saturated rings. The Labute approximate surface area is 100 Å². The fourth-order valence-electron chi connectivity index (χ4n) is 0.766. The maximum absolute atomic E-state index is 11.4. The summed E-state index contributed by atoms with van der Waals surface area (Å²) in [4.78, 5) is 12.7. The molecule has 0 rings (SSSR count). The van der Waals surface area contributed by atoms with Crippen LogP contribution >= 0.6 is 10.7 Å². The zero-order chi connectivity index (χ0) is 13.0. The van der Waals surface area contributed by atoms with Crippen LogP contribution in [0.3, 0.4) is 0 Å². The van der Waals surface area contributed by atoms with E-state index in [1.807, 2.05) is 0 Å². The number of hydrogen-bond acceptors (Lipinski definition) is 4. The van der Waals surface area contributed by atoms with Crippen LogP contribution < -0.4 is 4.72 Å². The molecule has 0 aromatic heterocycles. The van der Waals surface area contributed by atoms with E-state index < -0.39 is 20.9 Å². The molecule has 0 radical (unpaired) electrons. The molecule has 0 atom stereocenters. The van der Waals surface area contributed by atoms with Gasteiger partial charge in [-0.05, 0) is 20.8 Å². The van der Waals surface area contributed by atoms with E-state index in [9.17, 15) is 13.2 Å². The standard InChI is InChI=1S/C8H17ClN2O4S/c1-8(2,3)15-7(12)11(4)6-5-10-16(9,13)14/h10H,5-6H2,1-4H3. The number of halogens is 1. The maximum atomic E-state index is 11.4. The molecule has 0 spiro atoms. The minimum Gasteiger partial charge on any atom is -0.444 e. The number of carbonyl (C=O) groups excluding carboxylic acids is 1. The van der Waals surface area contributed by atoms with Crippen LogP contribution in [0.25, 0.3) is 0 Å². The Kier molecular flexibility index (Phi) is 5.51. The van der Waals surface area contributed by atoms with Crippen molar-refractivity contribution in [2.45, 2.75) is 26.4 Å². The smallest absolute Gasteiger partial charge is 0.410 e. The lowest BCUT2D eigenvalue weighted by Gasteiger charge is -2.24. The van der Waals surface area contributed by atoms with Gasteiger partial charge in [0.25, 0.3) is 9.24 Å². The molecule has 0 aliphatic heterocycles. The highest BCUT2D eigenvalue weighted by molar-refractivity contribution is 8.12. The lowest BCUT2D eigenvalue weighted by Crippen LogP contribution is -2.38.